The van der Waals surface area contributed by atoms with Crippen LogP contribution in [-0.2, 0) is 16.4 Å². The highest BCUT2D eigenvalue weighted by molar-refractivity contribution is 7.89. The maximum absolute atomic E-state index is 11.1. The van der Waals surface area contributed by atoms with Gasteiger partial charge in [0.25, 0.3) is 0 Å². The molecule has 1 aromatic carbocycles. The van der Waals surface area contributed by atoms with E-state index in [0.717, 1.165) is 12.0 Å². The quantitative estimate of drug-likeness (QED) is 0.895. The number of hydrogen-bond acceptors (Lipinski definition) is 4. The van der Waals surface area contributed by atoms with E-state index in [4.69, 9.17) is 9.88 Å². The monoisotopic (exact) mass is 278 g/mol. The van der Waals surface area contributed by atoms with Crippen LogP contribution in [0, 0.1) is 0 Å². The second kappa shape index (κ2) is 5.81. The Bertz CT molecular complexity index is 625. The van der Waals surface area contributed by atoms with Crippen LogP contribution in [0.1, 0.15) is 5.56 Å². The average Bonchev–Trinajstić information content (AvgIpc) is 2.39. The van der Waals surface area contributed by atoms with Crippen molar-refractivity contribution in [2.45, 2.75) is 11.3 Å². The molecule has 0 saturated carbocycles. The number of rotatable bonds is 5. The third-order valence-electron chi connectivity index (χ3n) is 2.53. The van der Waals surface area contributed by atoms with Crippen molar-refractivity contribution in [2.24, 2.45) is 5.14 Å². The first-order valence-electron chi connectivity index (χ1n) is 5.70. The van der Waals surface area contributed by atoms with Crippen molar-refractivity contribution in [1.82, 2.24) is 4.98 Å². The van der Waals surface area contributed by atoms with Crippen molar-refractivity contribution in [3.05, 3.63) is 54.4 Å². The smallest absolute Gasteiger partial charge is 0.238 e. The second-order valence-corrected chi connectivity index (χ2v) is 5.54. The van der Waals surface area contributed by atoms with Gasteiger partial charge < -0.3 is 4.74 Å². The Morgan fingerprint density at radius 1 is 1.16 bits per heavy atom. The van der Waals surface area contributed by atoms with Crippen LogP contribution in [0.2, 0.25) is 0 Å². The highest BCUT2D eigenvalue weighted by atomic mass is 32.2. The Labute approximate surface area is 112 Å². The first kappa shape index (κ1) is 13.5. The Morgan fingerprint density at radius 2 is 1.89 bits per heavy atom. The number of aromatic nitrogens is 1. The van der Waals surface area contributed by atoms with Crippen molar-refractivity contribution in [3.63, 3.8) is 0 Å². The van der Waals surface area contributed by atoms with Crippen molar-refractivity contribution < 1.29 is 13.2 Å². The first-order chi connectivity index (χ1) is 9.05. The molecule has 0 bridgehead atoms. The van der Waals surface area contributed by atoms with Crippen LogP contribution in [0.5, 0.6) is 5.75 Å². The zero-order valence-corrected chi connectivity index (χ0v) is 11.0. The number of benzene rings is 1. The lowest BCUT2D eigenvalue weighted by atomic mass is 10.2. The molecule has 0 fully saturated rings. The predicted octanol–water partition coefficient (Wildman–Crippen LogP) is 1.35. The van der Waals surface area contributed by atoms with Crippen LogP contribution in [0.4, 0.5) is 0 Å². The minimum absolute atomic E-state index is 0.0760. The van der Waals surface area contributed by atoms with Gasteiger partial charge in [0.05, 0.1) is 11.5 Å². The van der Waals surface area contributed by atoms with E-state index in [0.29, 0.717) is 12.4 Å². The van der Waals surface area contributed by atoms with Gasteiger partial charge in [-0.2, -0.15) is 0 Å². The fourth-order valence-electron chi connectivity index (χ4n) is 1.56. The fourth-order valence-corrected chi connectivity index (χ4v) is 2.07. The van der Waals surface area contributed by atoms with Gasteiger partial charge >= 0.3 is 0 Å². The van der Waals surface area contributed by atoms with Crippen molar-refractivity contribution in [3.8, 4) is 5.75 Å². The van der Waals surface area contributed by atoms with Gasteiger partial charge in [-0.05, 0) is 35.9 Å². The summed E-state index contributed by atoms with van der Waals surface area (Å²) in [5.74, 6) is 0.608. The zero-order chi connectivity index (χ0) is 13.7. The Balaban J connectivity index is 1.90. The molecule has 0 aliphatic carbocycles. The highest BCUT2D eigenvalue weighted by Gasteiger charge is 2.06. The minimum Gasteiger partial charge on any atom is -0.493 e. The molecule has 2 rings (SSSR count). The van der Waals surface area contributed by atoms with Crippen LogP contribution >= 0.6 is 0 Å². The molecule has 100 valence electrons. The lowest BCUT2D eigenvalue weighted by molar-refractivity contribution is 0.321. The van der Waals surface area contributed by atoms with Gasteiger partial charge in [-0.25, -0.2) is 13.6 Å². The van der Waals surface area contributed by atoms with Crippen molar-refractivity contribution >= 4 is 10.0 Å². The molecule has 0 aliphatic heterocycles. The molecule has 2 aromatic rings. The molecule has 2 N–H and O–H groups in total. The maximum Gasteiger partial charge on any atom is 0.238 e. The summed E-state index contributed by atoms with van der Waals surface area (Å²) in [6.45, 7) is 0.500. The highest BCUT2D eigenvalue weighted by Crippen LogP contribution is 2.15. The van der Waals surface area contributed by atoms with E-state index in [9.17, 15) is 8.42 Å². The van der Waals surface area contributed by atoms with Crippen molar-refractivity contribution in [2.75, 3.05) is 6.61 Å². The maximum atomic E-state index is 11.1. The Kier molecular flexibility index (Phi) is 4.13. The number of pyridine rings is 1. The first-order valence-corrected chi connectivity index (χ1v) is 7.25. The van der Waals surface area contributed by atoms with Gasteiger partial charge in [0.2, 0.25) is 10.0 Å². The molecule has 5 nitrogen and oxygen atoms in total. The third kappa shape index (κ3) is 4.04. The minimum atomic E-state index is -3.65. The van der Waals surface area contributed by atoms with E-state index in [1.807, 2.05) is 12.1 Å². The van der Waals surface area contributed by atoms with E-state index in [-0.39, 0.29) is 4.90 Å². The Morgan fingerprint density at radius 3 is 2.47 bits per heavy atom. The topological polar surface area (TPSA) is 82.3 Å². The molecular formula is C13H14N2O3S. The van der Waals surface area contributed by atoms with Crippen LogP contribution in [0.3, 0.4) is 0 Å². The van der Waals surface area contributed by atoms with E-state index < -0.39 is 10.0 Å². The lowest BCUT2D eigenvalue weighted by Crippen LogP contribution is -2.11. The Hall–Kier alpha value is -1.92. The molecule has 0 radical (unpaired) electrons. The summed E-state index contributed by atoms with van der Waals surface area (Å²) in [4.78, 5) is 4.09. The number of primary sulfonamides is 1. The number of hydrogen-bond donors (Lipinski definition) is 1. The van der Waals surface area contributed by atoms with E-state index >= 15 is 0 Å². The molecule has 6 heteroatoms. The normalized spacial score (nSPS) is 11.2. The van der Waals surface area contributed by atoms with Gasteiger partial charge in [-0.1, -0.05) is 6.07 Å². The van der Waals surface area contributed by atoms with Gasteiger partial charge in [-0.15, -0.1) is 0 Å². The van der Waals surface area contributed by atoms with Crippen LogP contribution in [-0.4, -0.2) is 20.0 Å². The van der Waals surface area contributed by atoms with Crippen molar-refractivity contribution in [1.29, 1.82) is 0 Å². The molecule has 1 aromatic heterocycles. The zero-order valence-electron chi connectivity index (χ0n) is 10.2. The average molecular weight is 278 g/mol. The fraction of sp³-hybridized carbons (Fsp3) is 0.154. The summed E-state index contributed by atoms with van der Waals surface area (Å²) in [7, 11) is -3.65. The predicted molar refractivity (Wildman–Crippen MR) is 71.3 cm³/mol. The molecule has 19 heavy (non-hydrogen) atoms. The molecule has 0 spiro atoms. The third-order valence-corrected chi connectivity index (χ3v) is 3.46. The van der Waals surface area contributed by atoms with Gasteiger partial charge in [0.15, 0.2) is 0 Å². The standard InChI is InChI=1S/C13H14N2O3S/c14-19(16,17)13-5-3-12(4-6-13)18-9-7-11-2-1-8-15-10-11/h1-6,8,10H,7,9H2,(H2,14,16,17). The summed E-state index contributed by atoms with van der Waals surface area (Å²) < 4.78 is 27.7. The summed E-state index contributed by atoms with van der Waals surface area (Å²) in [6.07, 6.45) is 4.24. The van der Waals surface area contributed by atoms with Crippen LogP contribution < -0.4 is 9.88 Å². The lowest BCUT2D eigenvalue weighted by Gasteiger charge is -2.06. The SMILES string of the molecule is NS(=O)(=O)c1ccc(OCCc2cccnc2)cc1. The van der Waals surface area contributed by atoms with E-state index in [1.54, 1.807) is 24.5 Å². The summed E-state index contributed by atoms with van der Waals surface area (Å²) in [5, 5.41) is 5.01. The summed E-state index contributed by atoms with van der Waals surface area (Å²) in [5.41, 5.74) is 1.09. The van der Waals surface area contributed by atoms with Crippen LogP contribution in [0.25, 0.3) is 0 Å². The molecule has 0 aliphatic rings. The van der Waals surface area contributed by atoms with E-state index in [2.05, 4.69) is 4.98 Å². The number of nitrogens with two attached hydrogens (primary N) is 1. The van der Waals surface area contributed by atoms with E-state index in [1.165, 1.54) is 12.1 Å². The largest absolute Gasteiger partial charge is 0.493 e. The number of sulfonamides is 1. The molecule has 1 heterocycles. The molecule has 0 unspecified atom stereocenters. The molecular weight excluding hydrogens is 264 g/mol. The van der Waals surface area contributed by atoms with Crippen LogP contribution in [0.15, 0.2) is 53.7 Å². The molecule has 0 atom stereocenters. The summed E-state index contributed by atoms with van der Waals surface area (Å²) in [6, 6.07) is 9.87. The van der Waals surface area contributed by atoms with Gasteiger partial charge in [0.1, 0.15) is 5.75 Å². The number of ether oxygens (including phenoxy) is 1. The van der Waals surface area contributed by atoms with Gasteiger partial charge in [-0.3, -0.25) is 4.98 Å². The molecule has 0 amide bonds. The number of nitrogens with zero attached hydrogens (tertiary/aromatic N) is 1. The van der Waals surface area contributed by atoms with Gasteiger partial charge in [0, 0.05) is 18.8 Å². The summed E-state index contributed by atoms with van der Waals surface area (Å²) >= 11 is 0. The second-order valence-electron chi connectivity index (χ2n) is 3.98. The molecule has 0 saturated heterocycles.